The van der Waals surface area contributed by atoms with Gasteiger partial charge < -0.3 is 5.32 Å². The lowest BCUT2D eigenvalue weighted by molar-refractivity contribution is 0.374. The maximum absolute atomic E-state index is 13.3. The highest BCUT2D eigenvalue weighted by Gasteiger charge is 2.20. The number of rotatable bonds is 6. The number of halogens is 1. The summed E-state index contributed by atoms with van der Waals surface area (Å²) >= 11 is 1.78. The van der Waals surface area contributed by atoms with Gasteiger partial charge in [-0.2, -0.15) is 0 Å². The Kier molecular flexibility index (Phi) is 4.94. The predicted octanol–water partition coefficient (Wildman–Crippen LogP) is 5.13. The SMILES string of the molecule is CCCC(C)C(NCC)c1cc2cc(F)ccc2s1. The molecule has 1 N–H and O–H groups in total. The van der Waals surface area contributed by atoms with E-state index in [9.17, 15) is 4.39 Å². The summed E-state index contributed by atoms with van der Waals surface area (Å²) in [5.41, 5.74) is 0. The smallest absolute Gasteiger partial charge is 0.123 e. The standard InChI is InChI=1S/C16H22FNS/c1-4-6-11(3)16(18-5-2)15-10-12-9-13(17)7-8-14(12)19-15/h7-11,16,18H,4-6H2,1-3H3. The first-order valence-corrected chi connectivity index (χ1v) is 7.89. The summed E-state index contributed by atoms with van der Waals surface area (Å²) in [6.45, 7) is 7.61. The van der Waals surface area contributed by atoms with Crippen molar-refractivity contribution in [2.24, 2.45) is 5.92 Å². The van der Waals surface area contributed by atoms with Crippen LogP contribution in [-0.4, -0.2) is 6.54 Å². The van der Waals surface area contributed by atoms with Crippen molar-refractivity contribution in [3.05, 3.63) is 35.0 Å². The molecule has 0 fully saturated rings. The molecular formula is C16H22FNS. The molecule has 1 heterocycles. The van der Waals surface area contributed by atoms with Crippen LogP contribution < -0.4 is 5.32 Å². The quantitative estimate of drug-likeness (QED) is 0.773. The number of hydrogen-bond acceptors (Lipinski definition) is 2. The van der Waals surface area contributed by atoms with E-state index in [1.54, 1.807) is 23.5 Å². The molecule has 2 atom stereocenters. The van der Waals surface area contributed by atoms with E-state index in [2.05, 4.69) is 32.2 Å². The molecule has 104 valence electrons. The Bertz CT molecular complexity index is 535. The van der Waals surface area contributed by atoms with Crippen LogP contribution in [0.1, 0.15) is 44.5 Å². The highest BCUT2D eigenvalue weighted by atomic mass is 32.1. The molecule has 0 amide bonds. The molecule has 0 spiro atoms. The number of thiophene rings is 1. The average molecular weight is 279 g/mol. The monoisotopic (exact) mass is 279 g/mol. The molecule has 0 aliphatic heterocycles. The van der Waals surface area contributed by atoms with Crippen LogP contribution in [0, 0.1) is 11.7 Å². The Morgan fingerprint density at radius 3 is 2.74 bits per heavy atom. The third-order valence-electron chi connectivity index (χ3n) is 3.54. The molecule has 2 aromatic rings. The van der Waals surface area contributed by atoms with Crippen molar-refractivity contribution in [2.45, 2.75) is 39.7 Å². The van der Waals surface area contributed by atoms with E-state index < -0.39 is 0 Å². The molecule has 0 radical (unpaired) electrons. The third kappa shape index (κ3) is 3.34. The van der Waals surface area contributed by atoms with E-state index in [1.165, 1.54) is 22.4 Å². The predicted molar refractivity (Wildman–Crippen MR) is 82.3 cm³/mol. The zero-order valence-electron chi connectivity index (χ0n) is 11.9. The Morgan fingerprint density at radius 2 is 2.05 bits per heavy atom. The van der Waals surface area contributed by atoms with Gasteiger partial charge in [-0.15, -0.1) is 11.3 Å². The van der Waals surface area contributed by atoms with Crippen molar-refractivity contribution in [2.75, 3.05) is 6.54 Å². The van der Waals surface area contributed by atoms with E-state index in [0.29, 0.717) is 12.0 Å². The first kappa shape index (κ1) is 14.5. The van der Waals surface area contributed by atoms with Gasteiger partial charge in [0.1, 0.15) is 5.82 Å². The largest absolute Gasteiger partial charge is 0.309 e. The fraction of sp³-hybridized carbons (Fsp3) is 0.500. The highest BCUT2D eigenvalue weighted by molar-refractivity contribution is 7.19. The Morgan fingerprint density at radius 1 is 1.26 bits per heavy atom. The normalized spacial score (nSPS) is 14.7. The maximum Gasteiger partial charge on any atom is 0.123 e. The van der Waals surface area contributed by atoms with Crippen LogP contribution in [0.3, 0.4) is 0 Å². The molecule has 0 aliphatic carbocycles. The molecule has 2 unspecified atom stereocenters. The molecule has 3 heteroatoms. The van der Waals surface area contributed by atoms with Crippen LogP contribution in [0.2, 0.25) is 0 Å². The number of fused-ring (bicyclic) bond motifs is 1. The van der Waals surface area contributed by atoms with Crippen LogP contribution >= 0.6 is 11.3 Å². The van der Waals surface area contributed by atoms with Crippen molar-refractivity contribution < 1.29 is 4.39 Å². The van der Waals surface area contributed by atoms with Gasteiger partial charge in [0.05, 0.1) is 0 Å². The van der Waals surface area contributed by atoms with Gasteiger partial charge in [-0.05, 0) is 48.5 Å². The Balaban J connectivity index is 2.32. The van der Waals surface area contributed by atoms with Gasteiger partial charge in [-0.1, -0.05) is 27.2 Å². The summed E-state index contributed by atoms with van der Waals surface area (Å²) in [4.78, 5) is 1.32. The number of hydrogen-bond donors (Lipinski definition) is 1. The van der Waals surface area contributed by atoms with Crippen molar-refractivity contribution in [3.8, 4) is 0 Å². The minimum absolute atomic E-state index is 0.154. The maximum atomic E-state index is 13.3. The topological polar surface area (TPSA) is 12.0 Å². The van der Waals surface area contributed by atoms with E-state index in [-0.39, 0.29) is 5.82 Å². The second-order valence-corrected chi connectivity index (χ2v) is 6.25. The van der Waals surface area contributed by atoms with Crippen LogP contribution in [0.4, 0.5) is 4.39 Å². The van der Waals surface area contributed by atoms with Gasteiger partial charge in [0, 0.05) is 15.6 Å². The lowest BCUT2D eigenvalue weighted by Gasteiger charge is -2.23. The van der Waals surface area contributed by atoms with Gasteiger partial charge in [0.2, 0.25) is 0 Å². The van der Waals surface area contributed by atoms with Gasteiger partial charge in [-0.3, -0.25) is 0 Å². The zero-order valence-corrected chi connectivity index (χ0v) is 12.7. The van der Waals surface area contributed by atoms with Crippen molar-refractivity contribution in [1.82, 2.24) is 5.32 Å². The third-order valence-corrected chi connectivity index (χ3v) is 4.74. The first-order valence-electron chi connectivity index (χ1n) is 7.08. The molecule has 1 aromatic heterocycles. The van der Waals surface area contributed by atoms with Crippen LogP contribution in [0.25, 0.3) is 10.1 Å². The molecule has 19 heavy (non-hydrogen) atoms. The Labute approximate surface area is 118 Å². The lowest BCUT2D eigenvalue weighted by Crippen LogP contribution is -2.26. The zero-order chi connectivity index (χ0) is 13.8. The molecule has 0 saturated carbocycles. The van der Waals surface area contributed by atoms with E-state index in [1.807, 2.05) is 6.07 Å². The minimum Gasteiger partial charge on any atom is -0.309 e. The van der Waals surface area contributed by atoms with Gasteiger partial charge in [0.15, 0.2) is 0 Å². The summed E-state index contributed by atoms with van der Waals surface area (Å²) in [5, 5.41) is 4.60. The molecule has 0 saturated heterocycles. The molecular weight excluding hydrogens is 257 g/mol. The Hall–Kier alpha value is -0.930. The van der Waals surface area contributed by atoms with E-state index in [4.69, 9.17) is 0 Å². The summed E-state index contributed by atoms with van der Waals surface area (Å²) in [6, 6.07) is 7.57. The summed E-state index contributed by atoms with van der Waals surface area (Å²) in [6.07, 6.45) is 2.41. The summed E-state index contributed by atoms with van der Waals surface area (Å²) < 4.78 is 14.4. The highest BCUT2D eigenvalue weighted by Crippen LogP contribution is 2.35. The fourth-order valence-electron chi connectivity index (χ4n) is 2.61. The van der Waals surface area contributed by atoms with Crippen molar-refractivity contribution in [3.63, 3.8) is 0 Å². The molecule has 0 bridgehead atoms. The minimum atomic E-state index is -0.154. The number of nitrogens with one attached hydrogen (secondary N) is 1. The molecule has 0 aliphatic rings. The lowest BCUT2D eigenvalue weighted by atomic mass is 9.95. The molecule has 1 nitrogen and oxygen atoms in total. The molecule has 1 aromatic carbocycles. The van der Waals surface area contributed by atoms with Gasteiger partial charge in [0.25, 0.3) is 0 Å². The second kappa shape index (κ2) is 6.49. The second-order valence-electron chi connectivity index (χ2n) is 5.13. The van der Waals surface area contributed by atoms with Crippen LogP contribution in [0.15, 0.2) is 24.3 Å². The first-order chi connectivity index (χ1) is 9.15. The van der Waals surface area contributed by atoms with Crippen LogP contribution in [0.5, 0.6) is 0 Å². The number of benzene rings is 1. The summed E-state index contributed by atoms with van der Waals surface area (Å²) in [7, 11) is 0. The van der Waals surface area contributed by atoms with Crippen LogP contribution in [-0.2, 0) is 0 Å². The fourth-order valence-corrected chi connectivity index (χ4v) is 3.87. The summed E-state index contributed by atoms with van der Waals surface area (Å²) in [5.74, 6) is 0.446. The van der Waals surface area contributed by atoms with Gasteiger partial charge in [-0.25, -0.2) is 4.39 Å². The molecule has 2 rings (SSSR count). The van der Waals surface area contributed by atoms with Crippen molar-refractivity contribution >= 4 is 21.4 Å². The average Bonchev–Trinajstić information content (AvgIpc) is 2.78. The van der Waals surface area contributed by atoms with Crippen molar-refractivity contribution in [1.29, 1.82) is 0 Å². The van der Waals surface area contributed by atoms with E-state index >= 15 is 0 Å². The van der Waals surface area contributed by atoms with E-state index in [0.717, 1.165) is 11.9 Å². The van der Waals surface area contributed by atoms with Gasteiger partial charge >= 0.3 is 0 Å².